The number of aromatic nitrogens is 1. The fourth-order valence-corrected chi connectivity index (χ4v) is 3.93. The van der Waals surface area contributed by atoms with Crippen molar-refractivity contribution >= 4 is 34.4 Å². The Morgan fingerprint density at radius 1 is 1.17 bits per heavy atom. The lowest BCUT2D eigenvalue weighted by Crippen LogP contribution is -2.27. The van der Waals surface area contributed by atoms with Crippen LogP contribution in [0.25, 0.3) is 10.9 Å². The van der Waals surface area contributed by atoms with Gasteiger partial charge in [-0.15, -0.1) is 0 Å². The van der Waals surface area contributed by atoms with Crippen molar-refractivity contribution in [2.24, 2.45) is 0 Å². The Labute approximate surface area is 203 Å². The van der Waals surface area contributed by atoms with E-state index in [0.717, 1.165) is 16.5 Å². The van der Waals surface area contributed by atoms with Crippen molar-refractivity contribution in [3.05, 3.63) is 65.1 Å². The number of hydrogen-bond donors (Lipinski definition) is 3. The molecule has 3 N–H and O–H groups in total. The zero-order valence-corrected chi connectivity index (χ0v) is 20.1. The van der Waals surface area contributed by atoms with Crippen molar-refractivity contribution in [2.75, 3.05) is 25.6 Å². The van der Waals surface area contributed by atoms with Crippen molar-refractivity contribution in [3.63, 3.8) is 0 Å². The standard InChI is InChI=1S/C26H30FN3O5/c1-16-15-30(23-13-19(8-10-21(16)23)26(34)28-11-12-35-3)17(2)25(33)29-22-14-20(27)9-7-18(22)5-4-6-24(31)32/h7-10,13-15,17H,4-6,11-12H2,1-3H3,(H,28,34)(H,29,33)(H,31,32). The van der Waals surface area contributed by atoms with E-state index in [1.807, 2.05) is 19.2 Å². The summed E-state index contributed by atoms with van der Waals surface area (Å²) in [6.07, 6.45) is 2.60. The van der Waals surface area contributed by atoms with Crippen LogP contribution >= 0.6 is 0 Å². The molecule has 0 fully saturated rings. The molecule has 9 heteroatoms. The van der Waals surface area contributed by atoms with Gasteiger partial charge in [0.25, 0.3) is 5.91 Å². The minimum atomic E-state index is -0.909. The second kappa shape index (κ2) is 11.6. The van der Waals surface area contributed by atoms with E-state index in [-0.39, 0.29) is 18.2 Å². The molecule has 2 aromatic carbocycles. The van der Waals surface area contributed by atoms with Gasteiger partial charge in [0, 0.05) is 48.4 Å². The molecule has 3 rings (SSSR count). The third-order valence-electron chi connectivity index (χ3n) is 5.85. The number of hydrogen-bond acceptors (Lipinski definition) is 4. The molecule has 8 nitrogen and oxygen atoms in total. The van der Waals surface area contributed by atoms with Crippen molar-refractivity contribution in [2.45, 2.75) is 39.2 Å². The van der Waals surface area contributed by atoms with E-state index in [0.29, 0.717) is 42.8 Å². The van der Waals surface area contributed by atoms with Crippen molar-refractivity contribution < 1.29 is 28.6 Å². The number of fused-ring (bicyclic) bond motifs is 1. The first kappa shape index (κ1) is 25.9. The predicted octanol–water partition coefficient (Wildman–Crippen LogP) is 4.07. The number of halogens is 1. The normalized spacial score (nSPS) is 11.9. The molecule has 0 aliphatic heterocycles. The molecule has 1 heterocycles. The van der Waals surface area contributed by atoms with Crippen LogP contribution in [0.2, 0.25) is 0 Å². The lowest BCUT2D eigenvalue weighted by molar-refractivity contribution is -0.137. The van der Waals surface area contributed by atoms with E-state index in [1.54, 1.807) is 36.8 Å². The highest BCUT2D eigenvalue weighted by atomic mass is 19.1. The molecule has 0 saturated carbocycles. The number of aliphatic carboxylic acids is 1. The van der Waals surface area contributed by atoms with Crippen LogP contribution in [0.1, 0.15) is 47.3 Å². The number of carboxylic acid groups (broad SMARTS) is 1. The number of ether oxygens (including phenoxy) is 1. The number of amides is 2. The number of carboxylic acids is 1. The Kier molecular flexibility index (Phi) is 8.59. The first-order valence-electron chi connectivity index (χ1n) is 11.4. The van der Waals surface area contributed by atoms with Crippen LogP contribution in [0.5, 0.6) is 0 Å². The van der Waals surface area contributed by atoms with Gasteiger partial charge < -0.3 is 25.0 Å². The first-order valence-corrected chi connectivity index (χ1v) is 11.4. The molecular weight excluding hydrogens is 453 g/mol. The van der Waals surface area contributed by atoms with Crippen LogP contribution in [0.4, 0.5) is 10.1 Å². The molecule has 3 aromatic rings. The Balaban J connectivity index is 1.83. The SMILES string of the molecule is COCCNC(=O)c1ccc2c(C)cn(C(C)C(=O)Nc3cc(F)ccc3CCCC(=O)O)c2c1. The quantitative estimate of drug-likeness (QED) is 0.356. The average molecular weight is 484 g/mol. The summed E-state index contributed by atoms with van der Waals surface area (Å²) in [7, 11) is 1.56. The minimum absolute atomic E-state index is 0.0167. The minimum Gasteiger partial charge on any atom is -0.481 e. The largest absolute Gasteiger partial charge is 0.481 e. The Hall–Kier alpha value is -3.72. The van der Waals surface area contributed by atoms with Crippen LogP contribution in [-0.4, -0.2) is 47.7 Å². The average Bonchev–Trinajstić information content (AvgIpc) is 3.15. The second-order valence-corrected chi connectivity index (χ2v) is 8.41. The zero-order chi connectivity index (χ0) is 25.5. The highest BCUT2D eigenvalue weighted by Gasteiger charge is 2.20. The Morgan fingerprint density at radius 3 is 2.66 bits per heavy atom. The molecule has 0 saturated heterocycles. The molecule has 1 unspecified atom stereocenters. The van der Waals surface area contributed by atoms with Crippen molar-refractivity contribution in [1.29, 1.82) is 0 Å². The van der Waals surface area contributed by atoms with Crippen LogP contribution in [0, 0.1) is 12.7 Å². The Morgan fingerprint density at radius 2 is 1.94 bits per heavy atom. The molecule has 0 aliphatic carbocycles. The summed E-state index contributed by atoms with van der Waals surface area (Å²) in [5.41, 5.74) is 3.12. The molecular formula is C26H30FN3O5. The molecule has 0 bridgehead atoms. The van der Waals surface area contributed by atoms with Gasteiger partial charge >= 0.3 is 5.97 Å². The van der Waals surface area contributed by atoms with Gasteiger partial charge in [0.05, 0.1) is 6.61 Å². The first-order chi connectivity index (χ1) is 16.7. The van der Waals surface area contributed by atoms with E-state index in [9.17, 15) is 18.8 Å². The molecule has 186 valence electrons. The van der Waals surface area contributed by atoms with Gasteiger partial charge in [-0.05, 0) is 62.1 Å². The molecule has 0 radical (unpaired) electrons. The summed E-state index contributed by atoms with van der Waals surface area (Å²) in [6, 6.07) is 8.76. The third kappa shape index (κ3) is 6.45. The van der Waals surface area contributed by atoms with Crippen molar-refractivity contribution in [1.82, 2.24) is 9.88 Å². The highest BCUT2D eigenvalue weighted by molar-refractivity contribution is 6.00. The summed E-state index contributed by atoms with van der Waals surface area (Å²) in [5.74, 6) is -2.01. The van der Waals surface area contributed by atoms with Crippen LogP contribution < -0.4 is 10.6 Å². The maximum absolute atomic E-state index is 13.9. The van der Waals surface area contributed by atoms with E-state index in [1.165, 1.54) is 12.1 Å². The molecule has 2 amide bonds. The van der Waals surface area contributed by atoms with E-state index < -0.39 is 17.8 Å². The lowest BCUT2D eigenvalue weighted by atomic mass is 10.1. The Bertz CT molecular complexity index is 1240. The van der Waals surface area contributed by atoms with Gasteiger partial charge in [-0.2, -0.15) is 0 Å². The smallest absolute Gasteiger partial charge is 0.303 e. The number of rotatable bonds is 11. The number of methoxy groups -OCH3 is 1. The highest BCUT2D eigenvalue weighted by Crippen LogP contribution is 2.27. The molecule has 1 aromatic heterocycles. The molecule has 35 heavy (non-hydrogen) atoms. The zero-order valence-electron chi connectivity index (χ0n) is 20.1. The second-order valence-electron chi connectivity index (χ2n) is 8.41. The van der Waals surface area contributed by atoms with Gasteiger partial charge in [0.2, 0.25) is 5.91 Å². The molecule has 1 atom stereocenters. The van der Waals surface area contributed by atoms with Gasteiger partial charge in [0.15, 0.2) is 0 Å². The van der Waals surface area contributed by atoms with Crippen LogP contribution in [0.3, 0.4) is 0 Å². The molecule has 0 aliphatic rings. The summed E-state index contributed by atoms with van der Waals surface area (Å²) >= 11 is 0. The number of nitrogens with one attached hydrogen (secondary N) is 2. The number of carbonyl (C=O) groups is 3. The fourth-order valence-electron chi connectivity index (χ4n) is 3.93. The topological polar surface area (TPSA) is 110 Å². The predicted molar refractivity (Wildman–Crippen MR) is 131 cm³/mol. The summed E-state index contributed by atoms with van der Waals surface area (Å²) in [5, 5.41) is 15.4. The lowest BCUT2D eigenvalue weighted by Gasteiger charge is -2.18. The maximum atomic E-state index is 13.9. The number of benzene rings is 2. The number of anilines is 1. The number of aryl methyl sites for hydroxylation is 2. The molecule has 0 spiro atoms. The van der Waals surface area contributed by atoms with Crippen LogP contribution in [0.15, 0.2) is 42.6 Å². The fraction of sp³-hybridized carbons (Fsp3) is 0.346. The van der Waals surface area contributed by atoms with E-state index in [4.69, 9.17) is 9.84 Å². The van der Waals surface area contributed by atoms with Gasteiger partial charge in [-0.25, -0.2) is 4.39 Å². The monoisotopic (exact) mass is 483 g/mol. The summed E-state index contributed by atoms with van der Waals surface area (Å²) in [6.45, 7) is 4.44. The summed E-state index contributed by atoms with van der Waals surface area (Å²) in [4.78, 5) is 36.5. The maximum Gasteiger partial charge on any atom is 0.303 e. The summed E-state index contributed by atoms with van der Waals surface area (Å²) < 4.78 is 20.7. The van der Waals surface area contributed by atoms with Gasteiger partial charge in [-0.3, -0.25) is 14.4 Å². The van der Waals surface area contributed by atoms with Gasteiger partial charge in [0.1, 0.15) is 11.9 Å². The van der Waals surface area contributed by atoms with E-state index >= 15 is 0 Å². The number of nitrogens with zero attached hydrogens (tertiary/aromatic N) is 1. The van der Waals surface area contributed by atoms with E-state index in [2.05, 4.69) is 10.6 Å². The van der Waals surface area contributed by atoms with Gasteiger partial charge in [-0.1, -0.05) is 12.1 Å². The number of carbonyl (C=O) groups excluding carboxylic acids is 2. The van der Waals surface area contributed by atoms with Crippen LogP contribution in [-0.2, 0) is 20.7 Å². The van der Waals surface area contributed by atoms with Crippen molar-refractivity contribution in [3.8, 4) is 0 Å². The third-order valence-corrected chi connectivity index (χ3v) is 5.85.